The van der Waals surface area contributed by atoms with E-state index in [4.69, 9.17) is 28.9 Å². The highest BCUT2D eigenvalue weighted by atomic mass is 35.5. The minimum Gasteiger partial charge on any atom is -0.396 e. The number of carbonyl (C=O) groups excluding carboxylic acids is 1. The van der Waals surface area contributed by atoms with Crippen molar-refractivity contribution in [1.82, 2.24) is 4.72 Å². The molecule has 0 bridgehead atoms. The van der Waals surface area contributed by atoms with Crippen LogP contribution in [0.15, 0.2) is 35.2 Å². The zero-order chi connectivity index (χ0) is 19.1. The fourth-order valence-electron chi connectivity index (χ4n) is 2.36. The second-order valence-corrected chi connectivity index (χ2v) is 8.71. The van der Waals surface area contributed by atoms with E-state index in [9.17, 15) is 13.2 Å². The van der Waals surface area contributed by atoms with Crippen LogP contribution in [-0.2, 0) is 10.0 Å². The van der Waals surface area contributed by atoms with E-state index in [1.807, 2.05) is 0 Å². The lowest BCUT2D eigenvalue weighted by Crippen LogP contribution is -2.26. The van der Waals surface area contributed by atoms with E-state index in [2.05, 4.69) is 10.0 Å². The lowest BCUT2D eigenvalue weighted by Gasteiger charge is -2.12. The van der Waals surface area contributed by atoms with Crippen molar-refractivity contribution >= 4 is 50.5 Å². The molecule has 0 unspecified atom stereocenters. The highest BCUT2D eigenvalue weighted by Crippen LogP contribution is 2.31. The summed E-state index contributed by atoms with van der Waals surface area (Å²) in [5.41, 5.74) is 7.15. The molecule has 1 amide bonds. The average molecular weight is 414 g/mol. The maximum absolute atomic E-state index is 12.6. The predicted octanol–water partition coefficient (Wildman–Crippen LogP) is 3.58. The molecular formula is C17H17Cl2N3O3S. The van der Waals surface area contributed by atoms with Crippen LogP contribution in [0.1, 0.15) is 28.8 Å². The van der Waals surface area contributed by atoms with Gasteiger partial charge in [-0.2, -0.15) is 0 Å². The number of nitrogens with two attached hydrogens (primary N) is 1. The molecule has 0 heterocycles. The molecule has 2 aromatic carbocycles. The van der Waals surface area contributed by atoms with Gasteiger partial charge in [0.25, 0.3) is 5.91 Å². The van der Waals surface area contributed by atoms with E-state index in [1.54, 1.807) is 13.0 Å². The Morgan fingerprint density at radius 3 is 2.35 bits per heavy atom. The van der Waals surface area contributed by atoms with Crippen molar-refractivity contribution in [3.63, 3.8) is 0 Å². The minimum absolute atomic E-state index is 0.0161. The monoisotopic (exact) mass is 413 g/mol. The Labute approximate surface area is 161 Å². The smallest absolute Gasteiger partial charge is 0.255 e. The maximum atomic E-state index is 12.6. The number of hydrogen-bond donors (Lipinski definition) is 3. The molecule has 0 spiro atoms. The Kier molecular flexibility index (Phi) is 5.16. The van der Waals surface area contributed by atoms with Gasteiger partial charge >= 0.3 is 0 Å². The number of hydrogen-bond acceptors (Lipinski definition) is 4. The Hall–Kier alpha value is -1.80. The number of sulfonamides is 1. The molecule has 0 aliphatic heterocycles. The quantitative estimate of drug-likeness (QED) is 0.651. The highest BCUT2D eigenvalue weighted by molar-refractivity contribution is 7.89. The van der Waals surface area contributed by atoms with Crippen molar-refractivity contribution in [2.45, 2.75) is 30.7 Å². The maximum Gasteiger partial charge on any atom is 0.255 e. The first kappa shape index (κ1) is 19.0. The first-order valence-corrected chi connectivity index (χ1v) is 10.1. The van der Waals surface area contributed by atoms with Gasteiger partial charge in [0.05, 0.1) is 20.6 Å². The van der Waals surface area contributed by atoms with Crippen molar-refractivity contribution in [2.75, 3.05) is 11.1 Å². The molecule has 1 aliphatic rings. The molecule has 0 atom stereocenters. The number of carbonyl (C=O) groups is 1. The van der Waals surface area contributed by atoms with Gasteiger partial charge in [0, 0.05) is 17.3 Å². The molecule has 26 heavy (non-hydrogen) atoms. The SMILES string of the molecule is Cc1ccc(S(=O)(=O)NC2CC2)cc1C(=O)Nc1cc(Cl)c(N)c(Cl)c1. The van der Waals surface area contributed by atoms with Crippen LogP contribution in [0.4, 0.5) is 11.4 Å². The van der Waals surface area contributed by atoms with Gasteiger partial charge in [-0.1, -0.05) is 29.3 Å². The number of nitrogen functional groups attached to an aromatic ring is 1. The number of rotatable bonds is 5. The van der Waals surface area contributed by atoms with Crippen molar-refractivity contribution < 1.29 is 13.2 Å². The fourth-order valence-corrected chi connectivity index (χ4v) is 4.17. The minimum atomic E-state index is -3.65. The topological polar surface area (TPSA) is 101 Å². The van der Waals surface area contributed by atoms with Crippen LogP contribution >= 0.6 is 23.2 Å². The van der Waals surface area contributed by atoms with Crippen molar-refractivity contribution in [3.05, 3.63) is 51.5 Å². The van der Waals surface area contributed by atoms with Gasteiger partial charge in [-0.15, -0.1) is 0 Å². The second kappa shape index (κ2) is 7.08. The van der Waals surface area contributed by atoms with Gasteiger partial charge < -0.3 is 11.1 Å². The number of aryl methyl sites for hydroxylation is 1. The van der Waals surface area contributed by atoms with Crippen LogP contribution in [0.2, 0.25) is 10.0 Å². The zero-order valence-electron chi connectivity index (χ0n) is 13.8. The highest BCUT2D eigenvalue weighted by Gasteiger charge is 2.28. The zero-order valence-corrected chi connectivity index (χ0v) is 16.2. The number of benzene rings is 2. The van der Waals surface area contributed by atoms with E-state index in [1.165, 1.54) is 24.3 Å². The standard InChI is InChI=1S/C17H17Cl2N3O3S/c1-9-2-5-12(26(24,25)22-10-3-4-10)8-13(9)17(23)21-11-6-14(18)16(20)15(19)7-11/h2,5-8,10,22H,3-4,20H2,1H3,(H,21,23). The summed E-state index contributed by atoms with van der Waals surface area (Å²) in [6, 6.07) is 7.37. The summed E-state index contributed by atoms with van der Waals surface area (Å²) in [4.78, 5) is 12.7. The van der Waals surface area contributed by atoms with Gasteiger partial charge in [-0.3, -0.25) is 4.79 Å². The van der Waals surface area contributed by atoms with E-state index in [0.29, 0.717) is 11.3 Å². The van der Waals surface area contributed by atoms with Gasteiger partial charge in [-0.05, 0) is 49.6 Å². The Morgan fingerprint density at radius 2 is 1.77 bits per heavy atom. The summed E-state index contributed by atoms with van der Waals surface area (Å²) >= 11 is 11.9. The summed E-state index contributed by atoms with van der Waals surface area (Å²) in [6.45, 7) is 1.72. The first-order valence-electron chi connectivity index (χ1n) is 7.86. The number of amides is 1. The Balaban J connectivity index is 1.88. The third-order valence-electron chi connectivity index (χ3n) is 4.00. The molecule has 6 nitrogen and oxygen atoms in total. The van der Waals surface area contributed by atoms with Crippen LogP contribution in [0, 0.1) is 6.92 Å². The summed E-state index contributed by atoms with van der Waals surface area (Å²) in [6.07, 6.45) is 1.66. The molecule has 0 saturated heterocycles. The molecule has 9 heteroatoms. The van der Waals surface area contributed by atoms with Crippen LogP contribution in [-0.4, -0.2) is 20.4 Å². The third-order valence-corrected chi connectivity index (χ3v) is 6.14. The average Bonchev–Trinajstić information content (AvgIpc) is 3.35. The molecule has 1 aliphatic carbocycles. The van der Waals surface area contributed by atoms with E-state index >= 15 is 0 Å². The fraction of sp³-hybridized carbons (Fsp3) is 0.235. The molecule has 1 fully saturated rings. The molecule has 1 saturated carbocycles. The summed E-state index contributed by atoms with van der Waals surface area (Å²) in [5, 5.41) is 3.10. The predicted molar refractivity (Wildman–Crippen MR) is 103 cm³/mol. The third kappa shape index (κ3) is 4.12. The largest absolute Gasteiger partial charge is 0.396 e. The summed E-state index contributed by atoms with van der Waals surface area (Å²) in [7, 11) is -3.65. The van der Waals surface area contributed by atoms with Crippen LogP contribution < -0.4 is 15.8 Å². The molecular weight excluding hydrogens is 397 g/mol. The van der Waals surface area contributed by atoms with Gasteiger partial charge in [0.15, 0.2) is 0 Å². The molecule has 4 N–H and O–H groups in total. The molecule has 2 aromatic rings. The summed E-state index contributed by atoms with van der Waals surface area (Å²) in [5.74, 6) is -0.470. The Bertz CT molecular complexity index is 966. The number of nitrogens with one attached hydrogen (secondary N) is 2. The van der Waals surface area contributed by atoms with Crippen LogP contribution in [0.3, 0.4) is 0 Å². The second-order valence-electron chi connectivity index (χ2n) is 6.18. The summed E-state index contributed by atoms with van der Waals surface area (Å²) < 4.78 is 27.3. The number of anilines is 2. The van der Waals surface area contributed by atoms with Crippen molar-refractivity contribution in [1.29, 1.82) is 0 Å². The van der Waals surface area contributed by atoms with Gasteiger partial charge in [-0.25, -0.2) is 13.1 Å². The van der Waals surface area contributed by atoms with Crippen molar-refractivity contribution in [2.24, 2.45) is 0 Å². The normalized spacial score (nSPS) is 14.3. The molecule has 138 valence electrons. The molecule has 0 aromatic heterocycles. The van der Waals surface area contributed by atoms with Gasteiger partial charge in [0.2, 0.25) is 10.0 Å². The van der Waals surface area contributed by atoms with E-state index in [-0.39, 0.29) is 32.2 Å². The molecule has 3 rings (SSSR count). The van der Waals surface area contributed by atoms with Crippen LogP contribution in [0.5, 0.6) is 0 Å². The van der Waals surface area contributed by atoms with E-state index in [0.717, 1.165) is 12.8 Å². The van der Waals surface area contributed by atoms with Crippen molar-refractivity contribution in [3.8, 4) is 0 Å². The Morgan fingerprint density at radius 1 is 1.15 bits per heavy atom. The van der Waals surface area contributed by atoms with E-state index < -0.39 is 15.9 Å². The van der Waals surface area contributed by atoms with Crippen LogP contribution in [0.25, 0.3) is 0 Å². The lowest BCUT2D eigenvalue weighted by molar-refractivity contribution is 0.102. The number of halogens is 2. The lowest BCUT2D eigenvalue weighted by atomic mass is 10.1. The first-order chi connectivity index (χ1) is 12.2. The van der Waals surface area contributed by atoms with Gasteiger partial charge in [0.1, 0.15) is 0 Å². The molecule has 0 radical (unpaired) electrons.